The van der Waals surface area contributed by atoms with Gasteiger partial charge in [0.15, 0.2) is 0 Å². The predicted octanol–water partition coefficient (Wildman–Crippen LogP) is 1.91. The second kappa shape index (κ2) is 5.75. The maximum Gasteiger partial charge on any atom is 0.335 e. The van der Waals surface area contributed by atoms with Crippen LogP contribution in [0.3, 0.4) is 0 Å². The van der Waals surface area contributed by atoms with Crippen LogP contribution in [-0.4, -0.2) is 30.9 Å². The van der Waals surface area contributed by atoms with Gasteiger partial charge in [-0.05, 0) is 18.2 Å². The highest BCUT2D eigenvalue weighted by molar-refractivity contribution is 6.42. The van der Waals surface area contributed by atoms with Crippen molar-refractivity contribution < 1.29 is 9.59 Å². The Morgan fingerprint density at radius 2 is 1.76 bits per heavy atom. The van der Waals surface area contributed by atoms with Crippen LogP contribution in [0.4, 0.5) is 4.79 Å². The third-order valence-corrected chi connectivity index (χ3v) is 2.61. The summed E-state index contributed by atoms with van der Waals surface area (Å²) >= 11 is 11.5. The first-order chi connectivity index (χ1) is 7.91. The number of carbonyl (C=O) groups is 2. The second-order valence-electron chi connectivity index (χ2n) is 3.41. The van der Waals surface area contributed by atoms with Crippen molar-refractivity contribution in [2.45, 2.75) is 0 Å². The van der Waals surface area contributed by atoms with Crippen molar-refractivity contribution in [3.05, 3.63) is 33.8 Å². The molecule has 2 N–H and O–H groups in total. The average Bonchev–Trinajstić information content (AvgIpc) is 2.28. The molecular formula is C10H11Cl2N3O2. The zero-order valence-corrected chi connectivity index (χ0v) is 10.8. The third kappa shape index (κ3) is 3.80. The van der Waals surface area contributed by atoms with Gasteiger partial charge >= 0.3 is 6.03 Å². The summed E-state index contributed by atoms with van der Waals surface area (Å²) in [6, 6.07) is 4.00. The molecule has 0 saturated carbocycles. The first-order valence-electron chi connectivity index (χ1n) is 4.64. The fraction of sp³-hybridized carbons (Fsp3) is 0.200. The van der Waals surface area contributed by atoms with Gasteiger partial charge in [0, 0.05) is 19.7 Å². The maximum atomic E-state index is 11.6. The van der Waals surface area contributed by atoms with Crippen molar-refractivity contribution >= 4 is 35.1 Å². The molecular weight excluding hydrogens is 265 g/mol. The normalized spacial score (nSPS) is 9.65. The molecule has 0 radical (unpaired) electrons. The van der Waals surface area contributed by atoms with E-state index in [9.17, 15) is 9.59 Å². The van der Waals surface area contributed by atoms with Crippen LogP contribution < -0.4 is 10.9 Å². The van der Waals surface area contributed by atoms with Gasteiger partial charge < -0.3 is 4.90 Å². The number of urea groups is 1. The van der Waals surface area contributed by atoms with Gasteiger partial charge in [0.1, 0.15) is 0 Å². The lowest BCUT2D eigenvalue weighted by molar-refractivity contribution is 0.0933. The van der Waals surface area contributed by atoms with Crippen molar-refractivity contribution in [1.82, 2.24) is 15.8 Å². The Morgan fingerprint density at radius 1 is 1.12 bits per heavy atom. The van der Waals surface area contributed by atoms with E-state index in [4.69, 9.17) is 23.2 Å². The summed E-state index contributed by atoms with van der Waals surface area (Å²) in [5.41, 5.74) is 4.77. The van der Waals surface area contributed by atoms with Crippen molar-refractivity contribution in [1.29, 1.82) is 0 Å². The zero-order chi connectivity index (χ0) is 13.0. The van der Waals surface area contributed by atoms with E-state index < -0.39 is 11.9 Å². The van der Waals surface area contributed by atoms with Crippen molar-refractivity contribution in [2.24, 2.45) is 0 Å². The first-order valence-corrected chi connectivity index (χ1v) is 5.40. The van der Waals surface area contributed by atoms with E-state index >= 15 is 0 Å². The number of nitrogens with zero attached hydrogens (tertiary/aromatic N) is 1. The summed E-state index contributed by atoms with van der Waals surface area (Å²) < 4.78 is 0. The lowest BCUT2D eigenvalue weighted by Gasteiger charge is -2.12. The molecule has 0 saturated heterocycles. The molecule has 0 spiro atoms. The van der Waals surface area contributed by atoms with Crippen molar-refractivity contribution in [3.63, 3.8) is 0 Å². The molecule has 5 nitrogen and oxygen atoms in total. The first kappa shape index (κ1) is 13.6. The SMILES string of the molecule is CN(C)C(=O)NNC(=O)c1ccc(Cl)c(Cl)c1. The highest BCUT2D eigenvalue weighted by Gasteiger charge is 2.09. The van der Waals surface area contributed by atoms with Crippen LogP contribution in [0.5, 0.6) is 0 Å². The number of rotatable bonds is 1. The lowest BCUT2D eigenvalue weighted by Crippen LogP contribution is -2.46. The van der Waals surface area contributed by atoms with Gasteiger partial charge in [-0.3, -0.25) is 10.2 Å². The van der Waals surface area contributed by atoms with E-state index in [0.717, 1.165) is 0 Å². The molecule has 0 aromatic heterocycles. The molecule has 0 aliphatic rings. The number of hydrazine groups is 1. The molecule has 1 aromatic carbocycles. The number of amides is 3. The number of carbonyl (C=O) groups excluding carboxylic acids is 2. The summed E-state index contributed by atoms with van der Waals surface area (Å²) in [6.07, 6.45) is 0. The minimum atomic E-state index is -0.473. The molecule has 1 rings (SSSR count). The number of halogens is 2. The van der Waals surface area contributed by atoms with Gasteiger partial charge in [0.05, 0.1) is 10.0 Å². The Labute approximate surface area is 109 Å². The standard InChI is InChI=1S/C10H11Cl2N3O2/c1-15(2)10(17)14-13-9(16)6-3-4-7(11)8(12)5-6/h3-5H,1-2H3,(H,13,16)(H,14,17). The summed E-state index contributed by atoms with van der Waals surface area (Å²) in [5, 5.41) is 0.638. The fourth-order valence-corrected chi connectivity index (χ4v) is 1.23. The lowest BCUT2D eigenvalue weighted by atomic mass is 10.2. The van der Waals surface area contributed by atoms with Crippen LogP contribution in [0.1, 0.15) is 10.4 Å². The molecule has 1 aromatic rings. The smallest absolute Gasteiger partial charge is 0.330 e. The highest BCUT2D eigenvalue weighted by atomic mass is 35.5. The van der Waals surface area contributed by atoms with E-state index in [1.807, 2.05) is 0 Å². The minimum absolute atomic E-state index is 0.276. The van der Waals surface area contributed by atoms with Crippen LogP contribution in [-0.2, 0) is 0 Å². The molecule has 0 heterocycles. The molecule has 3 amide bonds. The van der Waals surface area contributed by atoms with E-state index in [1.54, 1.807) is 14.1 Å². The number of hydrogen-bond donors (Lipinski definition) is 2. The van der Waals surface area contributed by atoms with Crippen LogP contribution in [0, 0.1) is 0 Å². The Kier molecular flexibility index (Phi) is 4.60. The van der Waals surface area contributed by atoms with Gasteiger partial charge in [-0.1, -0.05) is 23.2 Å². The van der Waals surface area contributed by atoms with Gasteiger partial charge in [0.25, 0.3) is 5.91 Å². The number of hydrogen-bond acceptors (Lipinski definition) is 2. The van der Waals surface area contributed by atoms with Gasteiger partial charge in [0.2, 0.25) is 0 Å². The van der Waals surface area contributed by atoms with Crippen LogP contribution in [0.25, 0.3) is 0 Å². The Bertz CT molecular complexity index is 449. The Balaban J connectivity index is 2.64. The van der Waals surface area contributed by atoms with Gasteiger partial charge in [-0.25, -0.2) is 10.2 Å². The van der Waals surface area contributed by atoms with Crippen LogP contribution in [0.15, 0.2) is 18.2 Å². The third-order valence-electron chi connectivity index (χ3n) is 1.87. The number of nitrogens with one attached hydrogen (secondary N) is 2. The summed E-state index contributed by atoms with van der Waals surface area (Å²) in [4.78, 5) is 24.0. The minimum Gasteiger partial charge on any atom is -0.330 e. The summed E-state index contributed by atoms with van der Waals surface area (Å²) in [5.74, 6) is -0.473. The van der Waals surface area contributed by atoms with Gasteiger partial charge in [-0.2, -0.15) is 0 Å². The molecule has 7 heteroatoms. The van der Waals surface area contributed by atoms with Crippen LogP contribution >= 0.6 is 23.2 Å². The topological polar surface area (TPSA) is 61.4 Å². The van der Waals surface area contributed by atoms with E-state index in [1.165, 1.54) is 23.1 Å². The quantitative estimate of drug-likeness (QED) is 0.770. The fourth-order valence-electron chi connectivity index (χ4n) is 0.932. The summed E-state index contributed by atoms with van der Waals surface area (Å²) in [6.45, 7) is 0. The summed E-state index contributed by atoms with van der Waals surface area (Å²) in [7, 11) is 3.11. The highest BCUT2D eigenvalue weighted by Crippen LogP contribution is 2.22. The van der Waals surface area contributed by atoms with E-state index in [-0.39, 0.29) is 5.02 Å². The Morgan fingerprint density at radius 3 is 2.29 bits per heavy atom. The van der Waals surface area contributed by atoms with Crippen LogP contribution in [0.2, 0.25) is 10.0 Å². The Hall–Kier alpha value is -1.46. The molecule has 17 heavy (non-hydrogen) atoms. The molecule has 0 aliphatic heterocycles. The van der Waals surface area contributed by atoms with E-state index in [2.05, 4.69) is 10.9 Å². The molecule has 92 valence electrons. The molecule has 0 fully saturated rings. The van der Waals surface area contributed by atoms with Crippen molar-refractivity contribution in [2.75, 3.05) is 14.1 Å². The maximum absolute atomic E-state index is 11.6. The average molecular weight is 276 g/mol. The number of benzene rings is 1. The van der Waals surface area contributed by atoms with E-state index in [0.29, 0.717) is 10.6 Å². The predicted molar refractivity (Wildman–Crippen MR) is 66.1 cm³/mol. The second-order valence-corrected chi connectivity index (χ2v) is 4.22. The van der Waals surface area contributed by atoms with Crippen molar-refractivity contribution in [3.8, 4) is 0 Å². The zero-order valence-electron chi connectivity index (χ0n) is 9.25. The molecule has 0 aliphatic carbocycles. The molecule has 0 bridgehead atoms. The molecule has 0 unspecified atom stereocenters. The largest absolute Gasteiger partial charge is 0.335 e. The monoisotopic (exact) mass is 275 g/mol. The van der Waals surface area contributed by atoms with Gasteiger partial charge in [-0.15, -0.1) is 0 Å². The molecule has 0 atom stereocenters.